The van der Waals surface area contributed by atoms with Gasteiger partial charge in [-0.3, -0.25) is 0 Å². The average molecular weight is 289 g/mol. The van der Waals surface area contributed by atoms with Crippen molar-refractivity contribution in [1.82, 2.24) is 4.90 Å². The number of halogens is 2. The van der Waals surface area contributed by atoms with Gasteiger partial charge in [0.25, 0.3) is 0 Å². The van der Waals surface area contributed by atoms with Gasteiger partial charge in [0.1, 0.15) is 0 Å². The molecule has 0 aliphatic carbocycles. The lowest BCUT2D eigenvalue weighted by Gasteiger charge is -2.32. The molecule has 1 atom stereocenters. The van der Waals surface area contributed by atoms with Gasteiger partial charge in [-0.15, -0.1) is 12.4 Å². The van der Waals surface area contributed by atoms with Crippen LogP contribution in [0.4, 0.5) is 0 Å². The molecular formula is C14H22Cl2N2. The number of nitrogens with two attached hydrogens (primary N) is 1. The Labute approximate surface area is 121 Å². The first kappa shape index (κ1) is 15.8. The van der Waals surface area contributed by atoms with Crippen molar-refractivity contribution < 1.29 is 0 Å². The summed E-state index contributed by atoms with van der Waals surface area (Å²) in [5.74, 6) is 0.531. The van der Waals surface area contributed by atoms with Crippen molar-refractivity contribution in [3.8, 4) is 0 Å². The molecule has 2 N–H and O–H groups in total. The summed E-state index contributed by atoms with van der Waals surface area (Å²) in [5, 5.41) is 0.829. The van der Waals surface area contributed by atoms with E-state index in [4.69, 9.17) is 17.3 Å². The standard InChI is InChI=1S/C14H21ClN2.ClH/c1-11(12-3-2-4-13(15)9-12)10-17-7-5-14(16)6-8-17;/h2-4,9,11,14H,5-8,10,16H2,1H3;1H. The molecule has 0 amide bonds. The number of rotatable bonds is 3. The Balaban J connectivity index is 0.00000162. The van der Waals surface area contributed by atoms with Crippen LogP contribution in [0, 0.1) is 0 Å². The first-order valence-corrected chi connectivity index (χ1v) is 6.76. The van der Waals surface area contributed by atoms with E-state index >= 15 is 0 Å². The molecule has 0 aromatic heterocycles. The summed E-state index contributed by atoms with van der Waals surface area (Å²) in [6.45, 7) is 5.63. The van der Waals surface area contributed by atoms with Gasteiger partial charge in [0.2, 0.25) is 0 Å². The summed E-state index contributed by atoms with van der Waals surface area (Å²) in [6, 6.07) is 8.60. The predicted molar refractivity (Wildman–Crippen MR) is 80.8 cm³/mol. The number of hydrogen-bond donors (Lipinski definition) is 1. The summed E-state index contributed by atoms with van der Waals surface area (Å²) in [7, 11) is 0. The van der Waals surface area contributed by atoms with E-state index in [0.29, 0.717) is 12.0 Å². The van der Waals surface area contributed by atoms with Gasteiger partial charge in [-0.05, 0) is 49.5 Å². The van der Waals surface area contributed by atoms with Gasteiger partial charge in [0, 0.05) is 17.6 Å². The lowest BCUT2D eigenvalue weighted by Crippen LogP contribution is -2.41. The summed E-state index contributed by atoms with van der Waals surface area (Å²) in [6.07, 6.45) is 2.25. The number of likely N-dealkylation sites (tertiary alicyclic amines) is 1. The summed E-state index contributed by atoms with van der Waals surface area (Å²) < 4.78 is 0. The van der Waals surface area contributed by atoms with E-state index in [1.54, 1.807) is 0 Å². The summed E-state index contributed by atoms with van der Waals surface area (Å²) in [5.41, 5.74) is 7.24. The highest BCUT2D eigenvalue weighted by molar-refractivity contribution is 6.30. The topological polar surface area (TPSA) is 29.3 Å². The molecule has 18 heavy (non-hydrogen) atoms. The minimum atomic E-state index is 0. The van der Waals surface area contributed by atoms with Gasteiger partial charge in [0.15, 0.2) is 0 Å². The average Bonchev–Trinajstić information content (AvgIpc) is 2.32. The molecule has 0 radical (unpaired) electrons. The first-order valence-electron chi connectivity index (χ1n) is 6.38. The van der Waals surface area contributed by atoms with Gasteiger partial charge in [-0.25, -0.2) is 0 Å². The highest BCUT2D eigenvalue weighted by atomic mass is 35.5. The van der Waals surface area contributed by atoms with Gasteiger partial charge < -0.3 is 10.6 Å². The van der Waals surface area contributed by atoms with Crippen molar-refractivity contribution in [3.05, 3.63) is 34.9 Å². The van der Waals surface area contributed by atoms with Crippen molar-refractivity contribution in [2.75, 3.05) is 19.6 Å². The van der Waals surface area contributed by atoms with Crippen LogP contribution >= 0.6 is 24.0 Å². The van der Waals surface area contributed by atoms with Crippen molar-refractivity contribution in [2.45, 2.75) is 31.7 Å². The zero-order chi connectivity index (χ0) is 12.3. The molecule has 1 aromatic rings. The first-order chi connectivity index (χ1) is 8.15. The summed E-state index contributed by atoms with van der Waals surface area (Å²) >= 11 is 6.02. The van der Waals surface area contributed by atoms with Crippen molar-refractivity contribution in [3.63, 3.8) is 0 Å². The molecule has 1 fully saturated rings. The molecular weight excluding hydrogens is 267 g/mol. The molecule has 4 heteroatoms. The Bertz CT molecular complexity index is 363. The lowest BCUT2D eigenvalue weighted by atomic mass is 9.98. The van der Waals surface area contributed by atoms with E-state index in [1.807, 2.05) is 12.1 Å². The number of hydrogen-bond acceptors (Lipinski definition) is 2. The van der Waals surface area contributed by atoms with Crippen LogP contribution in [-0.4, -0.2) is 30.6 Å². The summed E-state index contributed by atoms with van der Waals surface area (Å²) in [4.78, 5) is 2.51. The van der Waals surface area contributed by atoms with Crippen LogP contribution in [0.5, 0.6) is 0 Å². The molecule has 1 unspecified atom stereocenters. The maximum absolute atomic E-state index is 6.02. The van der Waals surface area contributed by atoms with Gasteiger partial charge in [-0.2, -0.15) is 0 Å². The van der Waals surface area contributed by atoms with E-state index in [-0.39, 0.29) is 12.4 Å². The fraction of sp³-hybridized carbons (Fsp3) is 0.571. The van der Waals surface area contributed by atoms with Crippen LogP contribution in [0.25, 0.3) is 0 Å². The van der Waals surface area contributed by atoms with Crippen molar-refractivity contribution in [1.29, 1.82) is 0 Å². The van der Waals surface area contributed by atoms with Crippen LogP contribution in [0.1, 0.15) is 31.2 Å². The third kappa shape index (κ3) is 4.43. The SMILES string of the molecule is CC(CN1CCC(N)CC1)c1cccc(Cl)c1.Cl. The molecule has 102 valence electrons. The van der Waals surface area contributed by atoms with Crippen molar-refractivity contribution >= 4 is 24.0 Å². The van der Waals surface area contributed by atoms with Crippen LogP contribution in [-0.2, 0) is 0 Å². The highest BCUT2D eigenvalue weighted by Gasteiger charge is 2.18. The molecule has 0 saturated carbocycles. The van der Waals surface area contributed by atoms with Crippen LogP contribution in [0.2, 0.25) is 5.02 Å². The van der Waals surface area contributed by atoms with Gasteiger partial charge in [-0.1, -0.05) is 30.7 Å². The zero-order valence-corrected chi connectivity index (χ0v) is 12.4. The molecule has 1 heterocycles. The maximum Gasteiger partial charge on any atom is 0.0408 e. The molecule has 1 aromatic carbocycles. The second-order valence-electron chi connectivity index (χ2n) is 5.09. The van der Waals surface area contributed by atoms with Crippen LogP contribution in [0.3, 0.4) is 0 Å². The van der Waals surface area contributed by atoms with Crippen molar-refractivity contribution in [2.24, 2.45) is 5.73 Å². The quantitative estimate of drug-likeness (QED) is 0.925. The largest absolute Gasteiger partial charge is 0.328 e. The molecule has 1 saturated heterocycles. The van der Waals surface area contributed by atoms with E-state index in [2.05, 4.69) is 24.0 Å². The van der Waals surface area contributed by atoms with E-state index in [9.17, 15) is 0 Å². The molecule has 0 bridgehead atoms. The predicted octanol–water partition coefficient (Wildman–Crippen LogP) is 3.29. The Morgan fingerprint density at radius 2 is 2.06 bits per heavy atom. The maximum atomic E-state index is 6.02. The smallest absolute Gasteiger partial charge is 0.0408 e. The molecule has 2 rings (SSSR count). The molecule has 0 spiro atoms. The molecule has 2 nitrogen and oxygen atoms in total. The minimum absolute atomic E-state index is 0. The third-order valence-electron chi connectivity index (χ3n) is 3.58. The Kier molecular flexibility index (Phi) is 6.44. The third-order valence-corrected chi connectivity index (χ3v) is 3.82. The Morgan fingerprint density at radius 1 is 1.39 bits per heavy atom. The lowest BCUT2D eigenvalue weighted by molar-refractivity contribution is 0.204. The highest BCUT2D eigenvalue weighted by Crippen LogP contribution is 2.21. The molecule has 1 aliphatic rings. The van der Waals surface area contributed by atoms with Crippen LogP contribution < -0.4 is 5.73 Å². The number of benzene rings is 1. The Morgan fingerprint density at radius 3 is 2.67 bits per heavy atom. The fourth-order valence-electron chi connectivity index (χ4n) is 2.44. The van der Waals surface area contributed by atoms with Gasteiger partial charge in [0.05, 0.1) is 0 Å². The second kappa shape index (κ2) is 7.34. The second-order valence-corrected chi connectivity index (χ2v) is 5.53. The van der Waals surface area contributed by atoms with Crippen LogP contribution in [0.15, 0.2) is 24.3 Å². The van der Waals surface area contributed by atoms with E-state index in [1.165, 1.54) is 5.56 Å². The van der Waals surface area contributed by atoms with E-state index < -0.39 is 0 Å². The van der Waals surface area contributed by atoms with E-state index in [0.717, 1.165) is 37.5 Å². The number of nitrogens with zero attached hydrogens (tertiary/aromatic N) is 1. The Hall–Kier alpha value is -0.280. The fourth-order valence-corrected chi connectivity index (χ4v) is 2.64. The normalized spacial score (nSPS) is 19.3. The number of piperidine rings is 1. The molecule has 1 aliphatic heterocycles. The zero-order valence-electron chi connectivity index (χ0n) is 10.8. The monoisotopic (exact) mass is 288 g/mol. The minimum Gasteiger partial charge on any atom is -0.328 e. The van der Waals surface area contributed by atoms with Gasteiger partial charge >= 0.3 is 0 Å².